The van der Waals surface area contributed by atoms with Gasteiger partial charge in [-0.05, 0) is 38.5 Å². The van der Waals surface area contributed by atoms with Crippen molar-refractivity contribution in [2.45, 2.75) is 32.4 Å². The highest BCUT2D eigenvalue weighted by Gasteiger charge is 2.24. The van der Waals surface area contributed by atoms with E-state index >= 15 is 0 Å². The molecule has 110 valence electrons. The van der Waals surface area contributed by atoms with Crippen LogP contribution in [0, 0.1) is 0 Å². The van der Waals surface area contributed by atoms with E-state index in [9.17, 15) is 4.79 Å². The Morgan fingerprint density at radius 1 is 1.45 bits per heavy atom. The Bertz CT molecular complexity index is 490. The summed E-state index contributed by atoms with van der Waals surface area (Å²) in [6, 6.07) is 6.51. The molecule has 0 bridgehead atoms. The summed E-state index contributed by atoms with van der Waals surface area (Å²) in [6.07, 6.45) is 1.12. The van der Waals surface area contributed by atoms with E-state index in [2.05, 4.69) is 29.4 Å². The third-order valence-corrected chi connectivity index (χ3v) is 4.09. The van der Waals surface area contributed by atoms with Gasteiger partial charge in [-0.25, -0.2) is 0 Å². The average molecular weight is 296 g/mol. The Morgan fingerprint density at radius 3 is 2.80 bits per heavy atom. The van der Waals surface area contributed by atoms with Crippen LogP contribution in [-0.4, -0.2) is 43.0 Å². The maximum atomic E-state index is 11.7. The number of anilines is 1. The predicted octanol–water partition coefficient (Wildman–Crippen LogP) is 2.59. The van der Waals surface area contributed by atoms with Crippen molar-refractivity contribution in [3.8, 4) is 0 Å². The number of nitrogens with one attached hydrogen (secondary N) is 2. The van der Waals surface area contributed by atoms with Crippen LogP contribution in [0.1, 0.15) is 30.6 Å². The second kappa shape index (κ2) is 6.46. The number of benzene rings is 1. The van der Waals surface area contributed by atoms with E-state index in [4.69, 9.17) is 11.6 Å². The first-order chi connectivity index (χ1) is 9.51. The maximum Gasteiger partial charge on any atom is 0.252 e. The van der Waals surface area contributed by atoms with Crippen LogP contribution in [0.2, 0.25) is 5.02 Å². The number of hydrogen-bond acceptors (Lipinski definition) is 3. The van der Waals surface area contributed by atoms with Gasteiger partial charge in [-0.1, -0.05) is 11.6 Å². The monoisotopic (exact) mass is 295 g/mol. The molecule has 0 aromatic heterocycles. The smallest absolute Gasteiger partial charge is 0.252 e. The Hall–Kier alpha value is -1.26. The molecule has 1 saturated heterocycles. The summed E-state index contributed by atoms with van der Waals surface area (Å²) >= 11 is 6.05. The molecule has 0 spiro atoms. The minimum atomic E-state index is -0.158. The van der Waals surface area contributed by atoms with E-state index in [1.54, 1.807) is 13.1 Å². The molecular weight excluding hydrogens is 274 g/mol. The number of carbonyl (C=O) groups excluding carboxylic acids is 1. The second-order valence-electron chi connectivity index (χ2n) is 5.49. The Labute approximate surface area is 125 Å². The number of amides is 1. The van der Waals surface area contributed by atoms with Crippen LogP contribution in [0.15, 0.2) is 18.2 Å². The van der Waals surface area contributed by atoms with Gasteiger partial charge in [-0.15, -0.1) is 0 Å². The fourth-order valence-corrected chi connectivity index (χ4v) is 2.74. The summed E-state index contributed by atoms with van der Waals surface area (Å²) in [4.78, 5) is 14.2. The van der Waals surface area contributed by atoms with Crippen LogP contribution in [0.4, 0.5) is 5.69 Å². The number of nitrogens with zero attached hydrogens (tertiary/aromatic N) is 1. The van der Waals surface area contributed by atoms with Crippen LogP contribution >= 0.6 is 11.6 Å². The van der Waals surface area contributed by atoms with Gasteiger partial charge in [-0.3, -0.25) is 9.69 Å². The molecule has 4 nitrogen and oxygen atoms in total. The third kappa shape index (κ3) is 3.44. The van der Waals surface area contributed by atoms with E-state index in [-0.39, 0.29) is 5.91 Å². The van der Waals surface area contributed by atoms with E-state index in [1.165, 1.54) is 0 Å². The Morgan fingerprint density at radius 2 is 2.20 bits per heavy atom. The first kappa shape index (κ1) is 15.1. The Balaban J connectivity index is 2.05. The fraction of sp³-hybridized carbons (Fsp3) is 0.533. The third-order valence-electron chi connectivity index (χ3n) is 3.76. The minimum Gasteiger partial charge on any atom is -0.381 e. The largest absolute Gasteiger partial charge is 0.381 e. The predicted molar refractivity (Wildman–Crippen MR) is 83.6 cm³/mol. The van der Waals surface area contributed by atoms with Gasteiger partial charge in [0.1, 0.15) is 0 Å². The zero-order valence-electron chi connectivity index (χ0n) is 12.2. The van der Waals surface area contributed by atoms with Crippen LogP contribution in [0.5, 0.6) is 0 Å². The summed E-state index contributed by atoms with van der Waals surface area (Å²) in [6.45, 7) is 6.59. The van der Waals surface area contributed by atoms with E-state index in [0.29, 0.717) is 22.7 Å². The summed E-state index contributed by atoms with van der Waals surface area (Å²) in [5, 5.41) is 6.57. The first-order valence-electron chi connectivity index (χ1n) is 7.03. The van der Waals surface area contributed by atoms with Crippen LogP contribution in [-0.2, 0) is 0 Å². The molecule has 1 heterocycles. The summed E-state index contributed by atoms with van der Waals surface area (Å²) in [7, 11) is 1.61. The highest BCUT2D eigenvalue weighted by atomic mass is 35.5. The molecule has 1 atom stereocenters. The molecule has 1 aliphatic heterocycles. The molecule has 20 heavy (non-hydrogen) atoms. The number of rotatable bonds is 4. The summed E-state index contributed by atoms with van der Waals surface area (Å²) in [5.74, 6) is -0.158. The second-order valence-corrected chi connectivity index (χ2v) is 5.90. The van der Waals surface area contributed by atoms with Crippen molar-refractivity contribution in [2.75, 3.05) is 25.5 Å². The molecule has 0 aliphatic carbocycles. The normalized spacial score (nSPS) is 19.4. The molecule has 2 rings (SSSR count). The van der Waals surface area contributed by atoms with Crippen LogP contribution < -0.4 is 10.6 Å². The molecule has 1 fully saturated rings. The molecule has 1 amide bonds. The van der Waals surface area contributed by atoms with Crippen molar-refractivity contribution in [2.24, 2.45) is 0 Å². The lowest BCUT2D eigenvalue weighted by Gasteiger charge is -2.21. The number of carbonyl (C=O) groups is 1. The van der Waals surface area contributed by atoms with Crippen molar-refractivity contribution >= 4 is 23.2 Å². The zero-order chi connectivity index (χ0) is 14.7. The van der Waals surface area contributed by atoms with Crippen LogP contribution in [0.25, 0.3) is 0 Å². The van der Waals surface area contributed by atoms with Gasteiger partial charge in [-0.2, -0.15) is 0 Å². The van der Waals surface area contributed by atoms with Gasteiger partial charge in [0.25, 0.3) is 5.91 Å². The van der Waals surface area contributed by atoms with Crippen LogP contribution in [0.3, 0.4) is 0 Å². The Kier molecular flexibility index (Phi) is 4.89. The molecule has 1 aliphatic rings. The van der Waals surface area contributed by atoms with Gasteiger partial charge < -0.3 is 10.6 Å². The molecular formula is C15H22ClN3O. The molecule has 1 aromatic rings. The average Bonchev–Trinajstić information content (AvgIpc) is 2.89. The topological polar surface area (TPSA) is 44.4 Å². The highest BCUT2D eigenvalue weighted by molar-refractivity contribution is 6.34. The lowest BCUT2D eigenvalue weighted by molar-refractivity contribution is 0.0963. The minimum absolute atomic E-state index is 0.158. The summed E-state index contributed by atoms with van der Waals surface area (Å²) < 4.78 is 0. The molecule has 0 saturated carbocycles. The standard InChI is InChI=1S/C15H22ClN3O/c1-10(2)19-7-6-12(9-19)18-11-4-5-14(16)13(8-11)15(20)17-3/h4-5,8,10,12,18H,6-7,9H2,1-3H3,(H,17,20). The lowest BCUT2D eigenvalue weighted by atomic mass is 10.1. The fourth-order valence-electron chi connectivity index (χ4n) is 2.53. The molecule has 1 unspecified atom stereocenters. The number of hydrogen-bond donors (Lipinski definition) is 2. The van der Waals surface area contributed by atoms with Crippen molar-refractivity contribution in [1.82, 2.24) is 10.2 Å². The van der Waals surface area contributed by atoms with Gasteiger partial charge in [0.05, 0.1) is 10.6 Å². The van der Waals surface area contributed by atoms with Crippen molar-refractivity contribution < 1.29 is 4.79 Å². The molecule has 0 radical (unpaired) electrons. The quantitative estimate of drug-likeness (QED) is 0.897. The number of likely N-dealkylation sites (tertiary alicyclic amines) is 1. The van der Waals surface area contributed by atoms with E-state index < -0.39 is 0 Å². The zero-order valence-corrected chi connectivity index (χ0v) is 13.0. The van der Waals surface area contributed by atoms with Crippen molar-refractivity contribution in [3.05, 3.63) is 28.8 Å². The van der Waals surface area contributed by atoms with E-state index in [1.807, 2.05) is 12.1 Å². The number of halogens is 1. The first-order valence-corrected chi connectivity index (χ1v) is 7.41. The SMILES string of the molecule is CNC(=O)c1cc(NC2CCN(C(C)C)C2)ccc1Cl. The molecule has 1 aromatic carbocycles. The maximum absolute atomic E-state index is 11.7. The van der Waals surface area contributed by atoms with Gasteiger partial charge in [0.15, 0.2) is 0 Å². The molecule has 2 N–H and O–H groups in total. The van der Waals surface area contributed by atoms with Crippen molar-refractivity contribution in [1.29, 1.82) is 0 Å². The summed E-state index contributed by atoms with van der Waals surface area (Å²) in [5.41, 5.74) is 1.46. The van der Waals surface area contributed by atoms with Crippen molar-refractivity contribution in [3.63, 3.8) is 0 Å². The van der Waals surface area contributed by atoms with Gasteiger partial charge in [0, 0.05) is 37.9 Å². The van der Waals surface area contributed by atoms with E-state index in [0.717, 1.165) is 25.2 Å². The van der Waals surface area contributed by atoms with Gasteiger partial charge in [0.2, 0.25) is 0 Å². The van der Waals surface area contributed by atoms with Gasteiger partial charge >= 0.3 is 0 Å². The lowest BCUT2D eigenvalue weighted by Crippen LogP contribution is -2.31. The molecule has 5 heteroatoms. The highest BCUT2D eigenvalue weighted by Crippen LogP contribution is 2.23.